The topological polar surface area (TPSA) is 0 Å². The highest BCUT2D eigenvalue weighted by molar-refractivity contribution is 4.65. The maximum Gasteiger partial charge on any atom is -0.0322 e. The summed E-state index contributed by atoms with van der Waals surface area (Å²) in [5, 5.41) is 0. The van der Waals surface area contributed by atoms with E-state index in [9.17, 15) is 0 Å². The first-order chi connectivity index (χ1) is 3.31. The fourth-order valence-electron chi connectivity index (χ4n) is 0.399. The molecule has 0 heterocycles. The van der Waals surface area contributed by atoms with Crippen LogP contribution in [0.25, 0.3) is 0 Å². The van der Waals surface area contributed by atoms with E-state index in [0.717, 1.165) is 12.3 Å². The molecule has 0 fully saturated rings. The highest BCUT2D eigenvalue weighted by Gasteiger charge is 1.90. The first-order valence-electron chi connectivity index (χ1n) is 2.84. The molecule has 0 saturated carbocycles. The standard InChI is InChI=1S/C7H13/c1-4-6-7(3)5-2/h1,4,7H,5-6H2,2-3H3. The molecule has 0 amide bonds. The highest BCUT2D eigenvalue weighted by atomic mass is 14.0. The Kier molecular flexibility index (Phi) is 3.77. The molecule has 41 valence electrons. The lowest BCUT2D eigenvalue weighted by atomic mass is 10.1. The summed E-state index contributed by atoms with van der Waals surface area (Å²) in [4.78, 5) is 0. The molecule has 0 aromatic carbocycles. The molecule has 0 aliphatic carbocycles. The van der Waals surface area contributed by atoms with Gasteiger partial charge in [-0.2, -0.15) is 0 Å². The smallest absolute Gasteiger partial charge is 0.0322 e. The molecule has 0 rings (SSSR count). The van der Waals surface area contributed by atoms with Gasteiger partial charge in [0.2, 0.25) is 0 Å². The molecule has 0 aliphatic rings. The average molecular weight is 97.2 g/mol. The van der Waals surface area contributed by atoms with E-state index in [1.807, 2.05) is 0 Å². The first-order valence-corrected chi connectivity index (χ1v) is 2.84. The zero-order chi connectivity index (χ0) is 5.70. The van der Waals surface area contributed by atoms with Crippen LogP contribution < -0.4 is 0 Å². The lowest BCUT2D eigenvalue weighted by molar-refractivity contribution is 0.572. The third-order valence-electron chi connectivity index (χ3n) is 1.24. The number of hydrogen-bond acceptors (Lipinski definition) is 0. The van der Waals surface area contributed by atoms with E-state index in [0.29, 0.717) is 0 Å². The second-order valence-corrected chi connectivity index (χ2v) is 1.98. The van der Waals surface area contributed by atoms with Gasteiger partial charge in [-0.3, -0.25) is 0 Å². The van der Waals surface area contributed by atoms with Gasteiger partial charge in [-0.25, -0.2) is 0 Å². The Labute approximate surface area is 46.2 Å². The van der Waals surface area contributed by atoms with E-state index >= 15 is 0 Å². The Hall–Kier alpha value is -0.260. The van der Waals surface area contributed by atoms with Crippen molar-refractivity contribution in [3.8, 4) is 0 Å². The van der Waals surface area contributed by atoms with Crippen molar-refractivity contribution in [3.05, 3.63) is 12.7 Å². The van der Waals surface area contributed by atoms with Gasteiger partial charge in [0.25, 0.3) is 0 Å². The summed E-state index contributed by atoms with van der Waals surface area (Å²) in [6.45, 7) is 9.55. The summed E-state index contributed by atoms with van der Waals surface area (Å²) in [5.41, 5.74) is 0. The number of rotatable bonds is 3. The minimum absolute atomic E-state index is 0.769. The van der Waals surface area contributed by atoms with Crippen LogP contribution in [0.5, 0.6) is 0 Å². The number of hydrogen-bond donors (Lipinski definition) is 0. The largest absolute Gasteiger partial charge is 0.0843 e. The van der Waals surface area contributed by atoms with Crippen LogP contribution in [0.2, 0.25) is 0 Å². The Morgan fingerprint density at radius 1 is 1.71 bits per heavy atom. The second kappa shape index (κ2) is 3.91. The van der Waals surface area contributed by atoms with E-state index in [4.69, 9.17) is 6.58 Å². The maximum atomic E-state index is 5.18. The van der Waals surface area contributed by atoms with E-state index in [-0.39, 0.29) is 0 Å². The lowest BCUT2D eigenvalue weighted by Crippen LogP contribution is -1.86. The van der Waals surface area contributed by atoms with Crippen LogP contribution >= 0.6 is 0 Å². The molecule has 0 aromatic heterocycles. The molecule has 0 spiro atoms. The molecule has 0 saturated heterocycles. The van der Waals surface area contributed by atoms with E-state index in [1.165, 1.54) is 6.42 Å². The van der Waals surface area contributed by atoms with E-state index in [2.05, 4.69) is 13.8 Å². The van der Waals surface area contributed by atoms with E-state index in [1.54, 1.807) is 6.08 Å². The molecule has 0 aromatic rings. The number of allylic oxidation sites excluding steroid dienone is 1. The molecule has 0 nitrogen and oxygen atoms in total. The van der Waals surface area contributed by atoms with Crippen LogP contribution in [0.3, 0.4) is 0 Å². The fourth-order valence-corrected chi connectivity index (χ4v) is 0.399. The van der Waals surface area contributed by atoms with Gasteiger partial charge in [0.1, 0.15) is 0 Å². The van der Waals surface area contributed by atoms with Gasteiger partial charge < -0.3 is 0 Å². The first kappa shape index (κ1) is 6.74. The third kappa shape index (κ3) is 3.57. The monoisotopic (exact) mass is 97.1 g/mol. The van der Waals surface area contributed by atoms with Crippen molar-refractivity contribution in [3.63, 3.8) is 0 Å². The van der Waals surface area contributed by atoms with Gasteiger partial charge in [0, 0.05) is 0 Å². The van der Waals surface area contributed by atoms with Gasteiger partial charge >= 0.3 is 0 Å². The van der Waals surface area contributed by atoms with Crippen LogP contribution in [0.15, 0.2) is 6.08 Å². The zero-order valence-electron chi connectivity index (χ0n) is 5.15. The van der Waals surface area contributed by atoms with Crippen molar-refractivity contribution in [2.24, 2.45) is 5.92 Å². The predicted octanol–water partition coefficient (Wildman–Crippen LogP) is 2.41. The van der Waals surface area contributed by atoms with Gasteiger partial charge in [0.05, 0.1) is 0 Å². The molecule has 1 radical (unpaired) electrons. The summed E-state index contributed by atoms with van der Waals surface area (Å²) >= 11 is 0. The summed E-state index contributed by atoms with van der Waals surface area (Å²) in [5.74, 6) is 0.769. The fraction of sp³-hybridized carbons (Fsp3) is 0.714. The Morgan fingerprint density at radius 3 is 2.43 bits per heavy atom. The summed E-state index contributed by atoms with van der Waals surface area (Å²) in [6, 6.07) is 0. The molecule has 0 aliphatic heterocycles. The van der Waals surface area contributed by atoms with Crippen LogP contribution in [0, 0.1) is 12.5 Å². The maximum absolute atomic E-state index is 5.18. The minimum Gasteiger partial charge on any atom is -0.0843 e. The van der Waals surface area contributed by atoms with Crippen LogP contribution in [-0.2, 0) is 0 Å². The highest BCUT2D eigenvalue weighted by Crippen LogP contribution is 2.04. The van der Waals surface area contributed by atoms with Gasteiger partial charge in [-0.1, -0.05) is 32.9 Å². The molecule has 1 unspecified atom stereocenters. The predicted molar refractivity (Wildman–Crippen MR) is 32.9 cm³/mol. The SMILES string of the molecule is [CH]=CCC(C)CC. The van der Waals surface area contributed by atoms with Crippen LogP contribution in [0.4, 0.5) is 0 Å². The minimum atomic E-state index is 0.769. The summed E-state index contributed by atoms with van der Waals surface area (Å²) in [7, 11) is 0. The molecular weight excluding hydrogens is 84.1 g/mol. The van der Waals surface area contributed by atoms with E-state index < -0.39 is 0 Å². The third-order valence-corrected chi connectivity index (χ3v) is 1.24. The Balaban J connectivity index is 2.98. The van der Waals surface area contributed by atoms with Crippen LogP contribution in [-0.4, -0.2) is 0 Å². The second-order valence-electron chi connectivity index (χ2n) is 1.98. The molecular formula is C7H13. The lowest BCUT2D eigenvalue weighted by Gasteiger charge is -2.00. The van der Waals surface area contributed by atoms with Crippen molar-refractivity contribution in [1.82, 2.24) is 0 Å². The molecule has 0 bridgehead atoms. The Bertz CT molecular complexity index is 46.0. The summed E-state index contributed by atoms with van der Waals surface area (Å²) in [6.07, 6.45) is 4.01. The van der Waals surface area contributed by atoms with Crippen molar-refractivity contribution in [1.29, 1.82) is 0 Å². The zero-order valence-corrected chi connectivity index (χ0v) is 5.15. The van der Waals surface area contributed by atoms with Gasteiger partial charge in [-0.05, 0) is 12.3 Å². The van der Waals surface area contributed by atoms with Crippen molar-refractivity contribution >= 4 is 0 Å². The molecule has 7 heavy (non-hydrogen) atoms. The van der Waals surface area contributed by atoms with Gasteiger partial charge in [0.15, 0.2) is 0 Å². The molecule has 0 heteroatoms. The normalized spacial score (nSPS) is 13.4. The van der Waals surface area contributed by atoms with Crippen LogP contribution in [0.1, 0.15) is 26.7 Å². The van der Waals surface area contributed by atoms with Crippen molar-refractivity contribution in [2.75, 3.05) is 0 Å². The van der Waals surface area contributed by atoms with Crippen molar-refractivity contribution < 1.29 is 0 Å². The van der Waals surface area contributed by atoms with Crippen molar-refractivity contribution in [2.45, 2.75) is 26.7 Å². The molecule has 1 atom stereocenters. The average Bonchev–Trinajstić information content (AvgIpc) is 1.68. The Morgan fingerprint density at radius 2 is 2.29 bits per heavy atom. The van der Waals surface area contributed by atoms with Gasteiger partial charge in [-0.15, -0.1) is 0 Å². The summed E-state index contributed by atoms with van der Waals surface area (Å²) < 4.78 is 0. The quantitative estimate of drug-likeness (QED) is 0.507. The molecule has 0 N–H and O–H groups in total.